The Labute approximate surface area is 120 Å². The first-order valence-corrected chi connectivity index (χ1v) is 7.39. The molecule has 0 saturated heterocycles. The molecule has 3 heteroatoms. The van der Waals surface area contributed by atoms with Gasteiger partial charge in [0.25, 0.3) is 0 Å². The first-order chi connectivity index (χ1) is 8.56. The van der Waals surface area contributed by atoms with Gasteiger partial charge in [-0.25, -0.2) is 0 Å². The van der Waals surface area contributed by atoms with Crippen molar-refractivity contribution in [3.05, 3.63) is 58.1 Å². The van der Waals surface area contributed by atoms with E-state index >= 15 is 0 Å². The van der Waals surface area contributed by atoms with Crippen molar-refractivity contribution in [1.82, 2.24) is 0 Å². The van der Waals surface area contributed by atoms with Crippen LogP contribution >= 0.6 is 27.7 Å². The van der Waals surface area contributed by atoms with Gasteiger partial charge in [0.05, 0.1) is 6.10 Å². The van der Waals surface area contributed by atoms with Gasteiger partial charge in [-0.05, 0) is 59.6 Å². The Balaban J connectivity index is 2.22. The lowest BCUT2D eigenvalue weighted by atomic mass is 10.1. The molecule has 0 bridgehead atoms. The van der Waals surface area contributed by atoms with E-state index in [9.17, 15) is 5.11 Å². The van der Waals surface area contributed by atoms with Gasteiger partial charge in [0.1, 0.15) is 0 Å². The second kappa shape index (κ2) is 5.91. The maximum absolute atomic E-state index is 9.53. The average Bonchev–Trinajstić information content (AvgIpc) is 2.34. The van der Waals surface area contributed by atoms with E-state index in [1.54, 1.807) is 18.7 Å². The van der Waals surface area contributed by atoms with Crippen LogP contribution in [0.15, 0.2) is 56.7 Å². The third-order valence-corrected chi connectivity index (χ3v) is 4.69. The topological polar surface area (TPSA) is 20.2 Å². The Hall–Kier alpha value is -0.770. The second-order valence-corrected chi connectivity index (χ2v) is 6.25. The minimum Gasteiger partial charge on any atom is -0.389 e. The highest BCUT2D eigenvalue weighted by molar-refractivity contribution is 9.10. The first kappa shape index (κ1) is 13.7. The smallest absolute Gasteiger partial charge is 0.0762 e. The maximum atomic E-state index is 9.53. The molecule has 0 radical (unpaired) electrons. The van der Waals surface area contributed by atoms with Crippen LogP contribution in [0.5, 0.6) is 0 Å². The molecule has 2 aromatic carbocycles. The van der Waals surface area contributed by atoms with Crippen LogP contribution in [0.1, 0.15) is 24.2 Å². The summed E-state index contributed by atoms with van der Waals surface area (Å²) >= 11 is 5.27. The van der Waals surface area contributed by atoms with Crippen molar-refractivity contribution in [2.24, 2.45) is 0 Å². The van der Waals surface area contributed by atoms with Crippen LogP contribution in [0.2, 0.25) is 0 Å². The summed E-state index contributed by atoms with van der Waals surface area (Å²) in [7, 11) is 0. The molecular weight excluding hydrogens is 308 g/mol. The molecule has 0 fully saturated rings. The van der Waals surface area contributed by atoms with E-state index in [4.69, 9.17) is 0 Å². The average molecular weight is 323 g/mol. The highest BCUT2D eigenvalue weighted by atomic mass is 79.9. The van der Waals surface area contributed by atoms with Gasteiger partial charge >= 0.3 is 0 Å². The number of halogens is 1. The molecule has 0 aromatic heterocycles. The van der Waals surface area contributed by atoms with Crippen molar-refractivity contribution in [2.45, 2.75) is 29.7 Å². The number of aliphatic hydroxyl groups excluding tert-OH is 1. The minimum absolute atomic E-state index is 0.431. The third-order valence-electron chi connectivity index (χ3n) is 2.69. The molecule has 0 amide bonds. The van der Waals surface area contributed by atoms with E-state index in [1.165, 1.54) is 10.5 Å². The molecule has 94 valence electrons. The Morgan fingerprint density at radius 1 is 1.11 bits per heavy atom. The van der Waals surface area contributed by atoms with Crippen LogP contribution in [0.3, 0.4) is 0 Å². The summed E-state index contributed by atoms with van der Waals surface area (Å²) in [5.74, 6) is 0. The van der Waals surface area contributed by atoms with Crippen LogP contribution in [0.4, 0.5) is 0 Å². The van der Waals surface area contributed by atoms with E-state index in [2.05, 4.69) is 47.1 Å². The maximum Gasteiger partial charge on any atom is 0.0762 e. The van der Waals surface area contributed by atoms with Gasteiger partial charge in [-0.2, -0.15) is 0 Å². The molecule has 1 nitrogen and oxygen atoms in total. The molecule has 0 saturated carbocycles. The fourth-order valence-electron chi connectivity index (χ4n) is 1.59. The zero-order valence-corrected chi connectivity index (χ0v) is 12.8. The SMILES string of the molecule is Cc1ccc(Sc2ccc([C@H](C)O)cc2Br)cc1. The number of hydrogen-bond acceptors (Lipinski definition) is 2. The molecule has 0 heterocycles. The van der Waals surface area contributed by atoms with Gasteiger partial charge in [0.15, 0.2) is 0 Å². The monoisotopic (exact) mass is 322 g/mol. The van der Waals surface area contributed by atoms with E-state index in [0.29, 0.717) is 0 Å². The lowest BCUT2D eigenvalue weighted by Gasteiger charge is -2.09. The van der Waals surface area contributed by atoms with E-state index < -0.39 is 6.10 Å². The lowest BCUT2D eigenvalue weighted by molar-refractivity contribution is 0.199. The van der Waals surface area contributed by atoms with Crippen LogP contribution < -0.4 is 0 Å². The van der Waals surface area contributed by atoms with Gasteiger partial charge < -0.3 is 5.11 Å². The molecule has 1 atom stereocenters. The molecule has 0 aliphatic carbocycles. The molecule has 2 aromatic rings. The van der Waals surface area contributed by atoms with Crippen LogP contribution in [0.25, 0.3) is 0 Å². The number of rotatable bonds is 3. The third kappa shape index (κ3) is 3.37. The van der Waals surface area contributed by atoms with Gasteiger partial charge in [0, 0.05) is 14.3 Å². The molecule has 0 aliphatic heterocycles. The molecule has 1 N–H and O–H groups in total. The van der Waals surface area contributed by atoms with Crippen molar-refractivity contribution in [2.75, 3.05) is 0 Å². The summed E-state index contributed by atoms with van der Waals surface area (Å²) in [6.07, 6.45) is -0.431. The molecule has 2 rings (SSSR count). The van der Waals surface area contributed by atoms with Crippen molar-refractivity contribution < 1.29 is 5.11 Å². The quantitative estimate of drug-likeness (QED) is 0.861. The zero-order valence-electron chi connectivity index (χ0n) is 10.4. The second-order valence-electron chi connectivity index (χ2n) is 4.28. The van der Waals surface area contributed by atoms with Crippen LogP contribution in [-0.4, -0.2) is 5.11 Å². The van der Waals surface area contributed by atoms with Gasteiger partial charge in [-0.1, -0.05) is 35.5 Å². The molecule has 18 heavy (non-hydrogen) atoms. The molecule has 0 spiro atoms. The number of benzene rings is 2. The Morgan fingerprint density at radius 2 is 1.78 bits per heavy atom. The van der Waals surface area contributed by atoms with Crippen LogP contribution in [-0.2, 0) is 0 Å². The van der Waals surface area contributed by atoms with Crippen molar-refractivity contribution >= 4 is 27.7 Å². The Kier molecular flexibility index (Phi) is 4.49. The summed E-state index contributed by atoms with van der Waals surface area (Å²) in [5, 5.41) is 9.53. The van der Waals surface area contributed by atoms with Gasteiger partial charge in [-0.15, -0.1) is 0 Å². The summed E-state index contributed by atoms with van der Waals surface area (Å²) < 4.78 is 1.02. The largest absolute Gasteiger partial charge is 0.389 e. The number of aliphatic hydroxyl groups is 1. The molecule has 0 aliphatic rings. The van der Waals surface area contributed by atoms with Crippen molar-refractivity contribution in [3.63, 3.8) is 0 Å². The van der Waals surface area contributed by atoms with Gasteiger partial charge in [0.2, 0.25) is 0 Å². The zero-order chi connectivity index (χ0) is 13.1. The lowest BCUT2D eigenvalue weighted by Crippen LogP contribution is -1.90. The number of aryl methyl sites for hydroxylation is 1. The van der Waals surface area contributed by atoms with Crippen molar-refractivity contribution in [3.8, 4) is 0 Å². The van der Waals surface area contributed by atoms with Crippen LogP contribution in [0, 0.1) is 6.92 Å². The van der Waals surface area contributed by atoms with Gasteiger partial charge in [-0.3, -0.25) is 0 Å². The summed E-state index contributed by atoms with van der Waals surface area (Å²) in [6, 6.07) is 14.4. The fourth-order valence-corrected chi connectivity index (χ4v) is 3.05. The predicted molar refractivity (Wildman–Crippen MR) is 80.1 cm³/mol. The summed E-state index contributed by atoms with van der Waals surface area (Å²) in [6.45, 7) is 3.86. The van der Waals surface area contributed by atoms with E-state index in [-0.39, 0.29) is 0 Å². The standard InChI is InChI=1S/C15H15BrOS/c1-10-3-6-13(7-4-10)18-15-8-5-12(11(2)17)9-14(15)16/h3-9,11,17H,1-2H3/t11-/m0/s1. The Bertz CT molecular complexity index is 535. The minimum atomic E-state index is -0.431. The van der Waals surface area contributed by atoms with E-state index in [0.717, 1.165) is 14.9 Å². The Morgan fingerprint density at radius 3 is 2.33 bits per heavy atom. The highest BCUT2D eigenvalue weighted by Gasteiger charge is 2.06. The predicted octanol–water partition coefficient (Wildman–Crippen LogP) is 4.96. The van der Waals surface area contributed by atoms with Crippen molar-refractivity contribution in [1.29, 1.82) is 0 Å². The summed E-state index contributed by atoms with van der Waals surface area (Å²) in [5.41, 5.74) is 2.19. The normalized spacial score (nSPS) is 12.4. The molecular formula is C15H15BrOS. The highest BCUT2D eigenvalue weighted by Crippen LogP contribution is 2.35. The number of hydrogen-bond donors (Lipinski definition) is 1. The molecule has 0 unspecified atom stereocenters. The first-order valence-electron chi connectivity index (χ1n) is 5.78. The fraction of sp³-hybridized carbons (Fsp3) is 0.200. The summed E-state index contributed by atoms with van der Waals surface area (Å²) in [4.78, 5) is 2.37. The van der Waals surface area contributed by atoms with E-state index in [1.807, 2.05) is 18.2 Å².